The average Bonchev–Trinajstić information content (AvgIpc) is 2.72. The molecule has 0 aliphatic heterocycles. The summed E-state index contributed by atoms with van der Waals surface area (Å²) in [6, 6.07) is 6.12. The molecule has 0 saturated heterocycles. The molecule has 0 bridgehead atoms. The number of benzene rings is 1. The Morgan fingerprint density at radius 1 is 1.45 bits per heavy atom. The van der Waals surface area contributed by atoms with Crippen LogP contribution in [0.3, 0.4) is 0 Å². The van der Waals surface area contributed by atoms with E-state index < -0.39 is 0 Å². The van der Waals surface area contributed by atoms with Crippen molar-refractivity contribution < 1.29 is 4.79 Å². The van der Waals surface area contributed by atoms with Gasteiger partial charge in [-0.15, -0.1) is 11.3 Å². The fourth-order valence-electron chi connectivity index (χ4n) is 2.21. The lowest BCUT2D eigenvalue weighted by atomic mass is 10.2. The number of nitrogens with zero attached hydrogens (tertiary/aromatic N) is 1. The van der Waals surface area contributed by atoms with Crippen LogP contribution in [0.25, 0.3) is 10.1 Å². The van der Waals surface area contributed by atoms with Crippen molar-refractivity contribution >= 4 is 48.9 Å². The van der Waals surface area contributed by atoms with E-state index >= 15 is 0 Å². The predicted octanol–water partition coefficient (Wildman–Crippen LogP) is 4.51. The van der Waals surface area contributed by atoms with Crippen molar-refractivity contribution in [2.75, 3.05) is 12.3 Å². The van der Waals surface area contributed by atoms with E-state index in [1.165, 1.54) is 11.3 Å². The van der Waals surface area contributed by atoms with Crippen molar-refractivity contribution in [3.8, 4) is 0 Å². The molecule has 1 heterocycles. The van der Waals surface area contributed by atoms with Crippen LogP contribution in [0.4, 0.5) is 5.69 Å². The Kier molecular flexibility index (Phi) is 4.70. The number of hydrogen-bond acceptors (Lipinski definition) is 3. The first-order valence-corrected chi connectivity index (χ1v) is 8.35. The molecule has 2 N–H and O–H groups in total. The molecule has 0 unspecified atom stereocenters. The van der Waals surface area contributed by atoms with Crippen LogP contribution in [0.15, 0.2) is 22.7 Å². The van der Waals surface area contributed by atoms with Gasteiger partial charge in [0.05, 0.1) is 5.69 Å². The maximum atomic E-state index is 12.7. The van der Waals surface area contributed by atoms with E-state index in [4.69, 9.17) is 5.73 Å². The Balaban J connectivity index is 2.46. The first kappa shape index (κ1) is 15.3. The number of carbonyl (C=O) groups excluding carboxylic acids is 1. The van der Waals surface area contributed by atoms with Crippen LogP contribution in [-0.2, 0) is 0 Å². The Labute approximate surface area is 131 Å². The van der Waals surface area contributed by atoms with Crippen LogP contribution in [0.2, 0.25) is 0 Å². The fraction of sp³-hybridized carbons (Fsp3) is 0.400. The molecule has 0 aliphatic rings. The number of hydrogen-bond donors (Lipinski definition) is 1. The van der Waals surface area contributed by atoms with Crippen molar-refractivity contribution in [1.29, 1.82) is 0 Å². The summed E-state index contributed by atoms with van der Waals surface area (Å²) >= 11 is 4.92. The number of rotatable bonds is 4. The first-order chi connectivity index (χ1) is 9.45. The highest BCUT2D eigenvalue weighted by atomic mass is 79.9. The molecule has 1 amide bonds. The summed E-state index contributed by atoms with van der Waals surface area (Å²) in [7, 11) is 0. The van der Waals surface area contributed by atoms with Gasteiger partial charge in [-0.3, -0.25) is 4.79 Å². The van der Waals surface area contributed by atoms with Crippen LogP contribution in [0.1, 0.15) is 36.9 Å². The van der Waals surface area contributed by atoms with Gasteiger partial charge in [0, 0.05) is 27.1 Å². The predicted molar refractivity (Wildman–Crippen MR) is 90.4 cm³/mol. The van der Waals surface area contributed by atoms with E-state index in [9.17, 15) is 4.79 Å². The maximum Gasteiger partial charge on any atom is 0.266 e. The van der Waals surface area contributed by atoms with E-state index in [0.717, 1.165) is 27.5 Å². The number of nitrogens with two attached hydrogens (primary N) is 1. The summed E-state index contributed by atoms with van der Waals surface area (Å²) in [6.07, 6.45) is 0.945. The SMILES string of the molecule is CCCN(C(=O)c1sc2ccc(Br)cc2c1N)C(C)C. The van der Waals surface area contributed by atoms with E-state index in [0.29, 0.717) is 10.6 Å². The van der Waals surface area contributed by atoms with E-state index in [2.05, 4.69) is 22.9 Å². The Morgan fingerprint density at radius 3 is 2.75 bits per heavy atom. The molecule has 108 valence electrons. The number of anilines is 1. The van der Waals surface area contributed by atoms with Gasteiger partial charge in [-0.25, -0.2) is 0 Å². The quantitative estimate of drug-likeness (QED) is 0.877. The van der Waals surface area contributed by atoms with Gasteiger partial charge < -0.3 is 10.6 Å². The molecule has 0 aliphatic carbocycles. The van der Waals surface area contributed by atoms with Crippen molar-refractivity contribution in [1.82, 2.24) is 4.90 Å². The largest absolute Gasteiger partial charge is 0.397 e. The Morgan fingerprint density at radius 2 is 2.15 bits per heavy atom. The van der Waals surface area contributed by atoms with Crippen molar-refractivity contribution in [3.05, 3.63) is 27.5 Å². The second-order valence-corrected chi connectivity index (χ2v) is 7.05. The molecule has 3 nitrogen and oxygen atoms in total. The van der Waals surface area contributed by atoms with Gasteiger partial charge in [0.1, 0.15) is 4.88 Å². The normalized spacial score (nSPS) is 11.2. The second-order valence-electron chi connectivity index (χ2n) is 5.08. The zero-order chi connectivity index (χ0) is 14.9. The third-order valence-corrected chi connectivity index (χ3v) is 4.90. The highest BCUT2D eigenvalue weighted by Crippen LogP contribution is 2.36. The molecule has 0 radical (unpaired) electrons. The number of fused-ring (bicyclic) bond motifs is 1. The molecule has 0 saturated carbocycles. The van der Waals surface area contributed by atoms with Crippen LogP contribution >= 0.6 is 27.3 Å². The van der Waals surface area contributed by atoms with Gasteiger partial charge in [-0.2, -0.15) is 0 Å². The van der Waals surface area contributed by atoms with Crippen LogP contribution in [0, 0.1) is 0 Å². The molecule has 0 atom stereocenters. The van der Waals surface area contributed by atoms with Crippen molar-refractivity contribution in [2.45, 2.75) is 33.2 Å². The molecular formula is C15H19BrN2OS. The number of thiophene rings is 1. The van der Waals surface area contributed by atoms with Gasteiger partial charge in [0.2, 0.25) is 0 Å². The first-order valence-electron chi connectivity index (χ1n) is 6.74. The minimum atomic E-state index is 0.0386. The van der Waals surface area contributed by atoms with Gasteiger partial charge in [-0.05, 0) is 38.5 Å². The van der Waals surface area contributed by atoms with Crippen LogP contribution < -0.4 is 5.73 Å². The van der Waals surface area contributed by atoms with Gasteiger partial charge in [-0.1, -0.05) is 22.9 Å². The van der Waals surface area contributed by atoms with Crippen LogP contribution in [-0.4, -0.2) is 23.4 Å². The van der Waals surface area contributed by atoms with Gasteiger partial charge in [0.15, 0.2) is 0 Å². The summed E-state index contributed by atoms with van der Waals surface area (Å²) < 4.78 is 2.03. The third kappa shape index (κ3) is 2.83. The number of nitrogen functional groups attached to an aromatic ring is 1. The molecule has 2 rings (SSSR count). The molecule has 2 aromatic rings. The van der Waals surface area contributed by atoms with Gasteiger partial charge in [0.25, 0.3) is 5.91 Å². The lowest BCUT2D eigenvalue weighted by molar-refractivity contribution is 0.0712. The lowest BCUT2D eigenvalue weighted by Gasteiger charge is -2.25. The standard InChI is InChI=1S/C15H19BrN2OS/c1-4-7-18(9(2)3)15(19)14-13(17)11-8-10(16)5-6-12(11)20-14/h5-6,8-9H,4,7,17H2,1-3H3. The van der Waals surface area contributed by atoms with Crippen molar-refractivity contribution in [2.24, 2.45) is 0 Å². The number of carbonyl (C=O) groups is 1. The van der Waals surface area contributed by atoms with E-state index in [-0.39, 0.29) is 11.9 Å². The fourth-order valence-corrected chi connectivity index (χ4v) is 3.63. The summed E-state index contributed by atoms with van der Waals surface area (Å²) in [4.78, 5) is 15.2. The van der Waals surface area contributed by atoms with E-state index in [1.54, 1.807) is 0 Å². The Bertz CT molecular complexity index is 636. The minimum Gasteiger partial charge on any atom is -0.397 e. The lowest BCUT2D eigenvalue weighted by Crippen LogP contribution is -2.37. The van der Waals surface area contributed by atoms with Crippen LogP contribution in [0.5, 0.6) is 0 Å². The molecule has 1 aromatic heterocycles. The number of halogens is 1. The molecule has 0 spiro atoms. The van der Waals surface area contributed by atoms with Crippen molar-refractivity contribution in [3.63, 3.8) is 0 Å². The molecule has 1 aromatic carbocycles. The zero-order valence-corrected chi connectivity index (χ0v) is 14.3. The third-order valence-electron chi connectivity index (χ3n) is 3.23. The van der Waals surface area contributed by atoms with E-state index in [1.807, 2.05) is 36.9 Å². The molecule has 0 fully saturated rings. The minimum absolute atomic E-state index is 0.0386. The summed E-state index contributed by atoms with van der Waals surface area (Å²) in [5, 5.41) is 0.952. The number of amides is 1. The smallest absolute Gasteiger partial charge is 0.266 e. The summed E-state index contributed by atoms with van der Waals surface area (Å²) in [5.74, 6) is 0.0386. The summed E-state index contributed by atoms with van der Waals surface area (Å²) in [5.41, 5.74) is 6.78. The second kappa shape index (κ2) is 6.14. The monoisotopic (exact) mass is 354 g/mol. The highest BCUT2D eigenvalue weighted by molar-refractivity contribution is 9.10. The topological polar surface area (TPSA) is 46.3 Å². The molecule has 5 heteroatoms. The summed E-state index contributed by atoms with van der Waals surface area (Å²) in [6.45, 7) is 6.91. The molecular weight excluding hydrogens is 336 g/mol. The zero-order valence-electron chi connectivity index (χ0n) is 11.9. The Hall–Kier alpha value is -1.07. The van der Waals surface area contributed by atoms with Gasteiger partial charge >= 0.3 is 0 Å². The average molecular weight is 355 g/mol. The highest BCUT2D eigenvalue weighted by Gasteiger charge is 2.23. The maximum absolute atomic E-state index is 12.7. The molecule has 20 heavy (non-hydrogen) atoms.